The Morgan fingerprint density at radius 2 is 2.22 bits per heavy atom. The molecule has 0 saturated heterocycles. The van der Waals surface area contributed by atoms with Crippen LogP contribution in [0.3, 0.4) is 0 Å². The number of amides is 1. The summed E-state index contributed by atoms with van der Waals surface area (Å²) in [7, 11) is 0. The number of hydrogen-bond acceptors (Lipinski definition) is 3. The lowest BCUT2D eigenvalue weighted by Gasteiger charge is -2.16. The Morgan fingerprint density at radius 3 is 2.83 bits per heavy atom. The van der Waals surface area contributed by atoms with Crippen LogP contribution in [0.4, 0.5) is 5.69 Å². The number of nitrogens with zero attached hydrogens (tertiary/aromatic N) is 1. The first-order chi connectivity index (χ1) is 8.49. The number of rotatable bonds is 4. The van der Waals surface area contributed by atoms with Gasteiger partial charge in [-0.3, -0.25) is 9.59 Å². The van der Waals surface area contributed by atoms with Crippen LogP contribution in [0.1, 0.15) is 30.6 Å². The fourth-order valence-electron chi connectivity index (χ4n) is 2.12. The van der Waals surface area contributed by atoms with Crippen molar-refractivity contribution in [1.82, 2.24) is 0 Å². The summed E-state index contributed by atoms with van der Waals surface area (Å²) in [5.41, 5.74) is 2.37. The van der Waals surface area contributed by atoms with Crippen molar-refractivity contribution in [2.45, 2.75) is 25.9 Å². The van der Waals surface area contributed by atoms with Crippen molar-refractivity contribution in [1.29, 1.82) is 0 Å². The van der Waals surface area contributed by atoms with Gasteiger partial charge < -0.3 is 15.1 Å². The van der Waals surface area contributed by atoms with E-state index in [1.165, 1.54) is 4.90 Å². The van der Waals surface area contributed by atoms with E-state index < -0.39 is 12.1 Å². The number of aliphatic carboxylic acids is 1. The second-order valence-electron chi connectivity index (χ2n) is 4.43. The maximum absolute atomic E-state index is 11.8. The van der Waals surface area contributed by atoms with Gasteiger partial charge in [0, 0.05) is 12.2 Å². The van der Waals surface area contributed by atoms with Gasteiger partial charge in [0.2, 0.25) is 5.91 Å². The quantitative estimate of drug-likeness (QED) is 0.837. The molecule has 5 nitrogen and oxygen atoms in total. The molecule has 0 aromatic heterocycles. The molecule has 0 bridgehead atoms. The van der Waals surface area contributed by atoms with Crippen LogP contribution in [-0.2, 0) is 16.0 Å². The first-order valence-corrected chi connectivity index (χ1v) is 5.82. The molecule has 0 aliphatic carbocycles. The van der Waals surface area contributed by atoms with E-state index in [0.717, 1.165) is 16.8 Å². The van der Waals surface area contributed by atoms with Crippen LogP contribution >= 0.6 is 0 Å². The first-order valence-electron chi connectivity index (χ1n) is 5.82. The monoisotopic (exact) mass is 249 g/mol. The molecule has 0 saturated carbocycles. The highest BCUT2D eigenvalue weighted by Crippen LogP contribution is 2.31. The predicted octanol–water partition coefficient (Wildman–Crippen LogP) is 1.10. The highest BCUT2D eigenvalue weighted by atomic mass is 16.4. The van der Waals surface area contributed by atoms with E-state index in [1.54, 1.807) is 25.1 Å². The molecular formula is C13H15NO4. The summed E-state index contributed by atoms with van der Waals surface area (Å²) in [4.78, 5) is 23.8. The summed E-state index contributed by atoms with van der Waals surface area (Å²) in [5.74, 6) is -1.01. The number of anilines is 1. The SMILES string of the molecule is CC(O)c1ccc2c(c1)CC(=O)N2CCC(=O)O. The smallest absolute Gasteiger partial charge is 0.305 e. The summed E-state index contributed by atoms with van der Waals surface area (Å²) in [6.07, 6.45) is -0.364. The van der Waals surface area contributed by atoms with Gasteiger partial charge in [0.05, 0.1) is 18.9 Å². The summed E-state index contributed by atoms with van der Waals surface area (Å²) >= 11 is 0. The number of aliphatic hydroxyl groups is 1. The maximum atomic E-state index is 11.8. The van der Waals surface area contributed by atoms with Gasteiger partial charge in [-0.1, -0.05) is 12.1 Å². The van der Waals surface area contributed by atoms with E-state index in [9.17, 15) is 14.7 Å². The molecule has 1 unspecified atom stereocenters. The summed E-state index contributed by atoms with van der Waals surface area (Å²) < 4.78 is 0. The fourth-order valence-corrected chi connectivity index (χ4v) is 2.12. The molecule has 0 spiro atoms. The van der Waals surface area contributed by atoms with Crippen molar-refractivity contribution >= 4 is 17.6 Å². The molecule has 1 aromatic carbocycles. The lowest BCUT2D eigenvalue weighted by molar-refractivity contribution is -0.136. The largest absolute Gasteiger partial charge is 0.481 e. The predicted molar refractivity (Wildman–Crippen MR) is 65.4 cm³/mol. The zero-order chi connectivity index (χ0) is 13.3. The van der Waals surface area contributed by atoms with Crippen molar-refractivity contribution in [3.8, 4) is 0 Å². The summed E-state index contributed by atoms with van der Waals surface area (Å²) in [5, 5.41) is 18.1. The van der Waals surface area contributed by atoms with Crippen molar-refractivity contribution in [3.63, 3.8) is 0 Å². The van der Waals surface area contributed by atoms with Gasteiger partial charge in [0.1, 0.15) is 0 Å². The Kier molecular flexibility index (Phi) is 3.34. The Hall–Kier alpha value is -1.88. The van der Waals surface area contributed by atoms with E-state index >= 15 is 0 Å². The van der Waals surface area contributed by atoms with Crippen LogP contribution in [0.5, 0.6) is 0 Å². The topological polar surface area (TPSA) is 77.8 Å². The van der Waals surface area contributed by atoms with E-state index in [2.05, 4.69) is 0 Å². The molecule has 2 N–H and O–H groups in total. The molecule has 0 fully saturated rings. The normalized spacial score (nSPS) is 15.7. The molecule has 1 aliphatic heterocycles. The third-order valence-corrected chi connectivity index (χ3v) is 3.07. The molecule has 1 amide bonds. The molecule has 2 rings (SSSR count). The van der Waals surface area contributed by atoms with Gasteiger partial charge in [-0.25, -0.2) is 0 Å². The number of carboxylic acid groups (broad SMARTS) is 1. The van der Waals surface area contributed by atoms with Gasteiger partial charge >= 0.3 is 5.97 Å². The third-order valence-electron chi connectivity index (χ3n) is 3.07. The van der Waals surface area contributed by atoms with E-state index in [-0.39, 0.29) is 25.3 Å². The van der Waals surface area contributed by atoms with E-state index in [0.29, 0.717) is 0 Å². The molecule has 0 radical (unpaired) electrons. The van der Waals surface area contributed by atoms with Gasteiger partial charge in [-0.2, -0.15) is 0 Å². The lowest BCUT2D eigenvalue weighted by Crippen LogP contribution is -2.29. The minimum Gasteiger partial charge on any atom is -0.481 e. The Balaban J connectivity index is 2.24. The van der Waals surface area contributed by atoms with E-state index in [1.807, 2.05) is 0 Å². The summed E-state index contributed by atoms with van der Waals surface area (Å²) in [6.45, 7) is 1.86. The second-order valence-corrected chi connectivity index (χ2v) is 4.43. The van der Waals surface area contributed by atoms with Gasteiger partial charge in [-0.05, 0) is 24.1 Å². The van der Waals surface area contributed by atoms with Crippen molar-refractivity contribution in [2.24, 2.45) is 0 Å². The molecule has 1 atom stereocenters. The number of aliphatic hydroxyl groups excluding tert-OH is 1. The van der Waals surface area contributed by atoms with Crippen LogP contribution in [0.15, 0.2) is 18.2 Å². The molecular weight excluding hydrogens is 234 g/mol. The standard InChI is InChI=1S/C13H15NO4/c1-8(15)9-2-3-11-10(6-9)7-12(16)14(11)5-4-13(17)18/h2-3,6,8,15H,4-5,7H2,1H3,(H,17,18). The van der Waals surface area contributed by atoms with Crippen molar-refractivity contribution in [2.75, 3.05) is 11.4 Å². The number of fused-ring (bicyclic) bond motifs is 1. The number of carbonyl (C=O) groups is 2. The van der Waals surface area contributed by atoms with E-state index in [4.69, 9.17) is 5.11 Å². The minimum atomic E-state index is -0.920. The van der Waals surface area contributed by atoms with Crippen LogP contribution in [0.25, 0.3) is 0 Å². The average molecular weight is 249 g/mol. The van der Waals surface area contributed by atoms with Gasteiger partial charge in [-0.15, -0.1) is 0 Å². The number of carboxylic acids is 1. The van der Waals surface area contributed by atoms with Crippen molar-refractivity contribution in [3.05, 3.63) is 29.3 Å². The minimum absolute atomic E-state index is 0.0661. The fraction of sp³-hybridized carbons (Fsp3) is 0.385. The van der Waals surface area contributed by atoms with Crippen LogP contribution in [-0.4, -0.2) is 28.6 Å². The Bertz CT molecular complexity index is 496. The molecule has 1 heterocycles. The third kappa shape index (κ3) is 2.36. The molecule has 1 aliphatic rings. The van der Waals surface area contributed by atoms with Crippen LogP contribution in [0.2, 0.25) is 0 Å². The highest BCUT2D eigenvalue weighted by molar-refractivity contribution is 6.01. The summed E-state index contributed by atoms with van der Waals surface area (Å²) in [6, 6.07) is 5.33. The number of hydrogen-bond donors (Lipinski definition) is 2. The molecule has 1 aromatic rings. The first kappa shape index (κ1) is 12.6. The van der Waals surface area contributed by atoms with Crippen LogP contribution in [0, 0.1) is 0 Å². The maximum Gasteiger partial charge on any atom is 0.305 e. The lowest BCUT2D eigenvalue weighted by atomic mass is 10.1. The van der Waals surface area contributed by atoms with Gasteiger partial charge in [0.25, 0.3) is 0 Å². The zero-order valence-electron chi connectivity index (χ0n) is 10.1. The Labute approximate surface area is 105 Å². The molecule has 96 valence electrons. The average Bonchev–Trinajstić information content (AvgIpc) is 2.60. The highest BCUT2D eigenvalue weighted by Gasteiger charge is 2.27. The van der Waals surface area contributed by atoms with Gasteiger partial charge in [0.15, 0.2) is 0 Å². The van der Waals surface area contributed by atoms with Crippen LogP contribution < -0.4 is 4.90 Å². The molecule has 18 heavy (non-hydrogen) atoms. The number of carbonyl (C=O) groups excluding carboxylic acids is 1. The second kappa shape index (κ2) is 4.78. The number of benzene rings is 1. The van der Waals surface area contributed by atoms with Crippen molar-refractivity contribution < 1.29 is 19.8 Å². The zero-order valence-corrected chi connectivity index (χ0v) is 10.1. The Morgan fingerprint density at radius 1 is 1.50 bits per heavy atom. The molecule has 5 heteroatoms.